The molecule has 2 atom stereocenters. The van der Waals surface area contributed by atoms with Crippen LogP contribution in [-0.2, 0) is 11.8 Å². The van der Waals surface area contributed by atoms with E-state index in [1.54, 1.807) is 5.56 Å². The highest BCUT2D eigenvalue weighted by atomic mass is 32.2. The van der Waals surface area contributed by atoms with Crippen LogP contribution in [0.1, 0.15) is 55.3 Å². The molecule has 2 aliphatic heterocycles. The molecule has 3 heterocycles. The highest BCUT2D eigenvalue weighted by Gasteiger charge is 2.57. The van der Waals surface area contributed by atoms with Gasteiger partial charge in [0.05, 0.1) is 0 Å². The molecule has 1 aliphatic carbocycles. The smallest absolute Gasteiger partial charge is 0.190 e. The Morgan fingerprint density at radius 2 is 2.00 bits per heavy atom. The minimum Gasteiger partial charge on any atom is -0.381 e. The van der Waals surface area contributed by atoms with Crippen molar-refractivity contribution < 1.29 is 4.74 Å². The first-order valence-corrected chi connectivity index (χ1v) is 12.1. The Hall–Kier alpha value is -1.37. The monoisotopic (exact) mass is 412 g/mol. The number of hydrogen-bond donors (Lipinski definition) is 0. The lowest BCUT2D eigenvalue weighted by molar-refractivity contribution is 0.0828. The summed E-state index contributed by atoms with van der Waals surface area (Å²) < 4.78 is 7.69. The molecule has 1 saturated carbocycles. The van der Waals surface area contributed by atoms with Crippen molar-refractivity contribution in [2.45, 2.75) is 49.1 Å². The second-order valence-corrected chi connectivity index (χ2v) is 10.1. The normalized spacial score (nSPS) is 27.7. The van der Waals surface area contributed by atoms with E-state index < -0.39 is 0 Å². The molecule has 29 heavy (non-hydrogen) atoms. The highest BCUT2D eigenvalue weighted by Crippen LogP contribution is 2.64. The van der Waals surface area contributed by atoms with Crippen molar-refractivity contribution in [3.8, 4) is 0 Å². The van der Waals surface area contributed by atoms with Gasteiger partial charge in [-0.05, 0) is 62.1 Å². The summed E-state index contributed by atoms with van der Waals surface area (Å²) in [6.07, 6.45) is 6.11. The molecule has 6 heteroatoms. The number of benzene rings is 1. The molecule has 1 unspecified atom stereocenters. The molecule has 2 saturated heterocycles. The quantitative estimate of drug-likeness (QED) is 0.507. The van der Waals surface area contributed by atoms with Crippen LogP contribution >= 0.6 is 11.8 Å². The first-order chi connectivity index (χ1) is 14.3. The van der Waals surface area contributed by atoms with E-state index in [-0.39, 0.29) is 0 Å². The van der Waals surface area contributed by atoms with Crippen LogP contribution in [0, 0.1) is 5.41 Å². The molecule has 0 N–H and O–H groups in total. The van der Waals surface area contributed by atoms with Crippen LogP contribution in [0.3, 0.4) is 0 Å². The zero-order valence-electron chi connectivity index (χ0n) is 17.4. The molecule has 0 amide bonds. The van der Waals surface area contributed by atoms with E-state index in [4.69, 9.17) is 4.74 Å². The fraction of sp³-hybridized carbons (Fsp3) is 0.652. The summed E-state index contributed by atoms with van der Waals surface area (Å²) in [5, 5.41) is 10.0. The first-order valence-electron chi connectivity index (χ1n) is 11.1. The minimum atomic E-state index is 0.507. The Balaban J connectivity index is 1.06. The fourth-order valence-corrected chi connectivity index (χ4v) is 6.19. The minimum absolute atomic E-state index is 0.507. The van der Waals surface area contributed by atoms with Gasteiger partial charge >= 0.3 is 0 Å². The SMILES string of the molecule is Cn1c(SCCCN2CC[C@]3(CC3c3ccccc3)C2)nnc1C1CCOCC1. The maximum absolute atomic E-state index is 5.48. The third kappa shape index (κ3) is 4.12. The van der Waals surface area contributed by atoms with Gasteiger partial charge in [0.1, 0.15) is 5.82 Å². The topological polar surface area (TPSA) is 43.2 Å². The number of ether oxygens (including phenoxy) is 1. The van der Waals surface area contributed by atoms with Gasteiger partial charge in [-0.3, -0.25) is 0 Å². The van der Waals surface area contributed by atoms with Crippen LogP contribution in [0.25, 0.3) is 0 Å². The zero-order valence-corrected chi connectivity index (χ0v) is 18.2. The van der Waals surface area contributed by atoms with E-state index in [1.165, 1.54) is 38.9 Å². The van der Waals surface area contributed by atoms with Crippen molar-refractivity contribution in [3.63, 3.8) is 0 Å². The zero-order chi connectivity index (χ0) is 19.7. The summed E-state index contributed by atoms with van der Waals surface area (Å²) >= 11 is 1.86. The van der Waals surface area contributed by atoms with Gasteiger partial charge in [-0.15, -0.1) is 10.2 Å². The number of aromatic nitrogens is 3. The summed E-state index contributed by atoms with van der Waals surface area (Å²) in [5.74, 6) is 3.56. The van der Waals surface area contributed by atoms with Crippen LogP contribution in [0.2, 0.25) is 0 Å². The Morgan fingerprint density at radius 3 is 2.83 bits per heavy atom. The summed E-state index contributed by atoms with van der Waals surface area (Å²) in [5.41, 5.74) is 2.13. The molecule has 1 aromatic carbocycles. The van der Waals surface area contributed by atoms with Crippen LogP contribution in [-0.4, -0.2) is 58.3 Å². The molecule has 3 aliphatic rings. The lowest BCUT2D eigenvalue weighted by Gasteiger charge is -2.21. The van der Waals surface area contributed by atoms with Gasteiger partial charge in [0, 0.05) is 38.5 Å². The summed E-state index contributed by atoms with van der Waals surface area (Å²) in [6, 6.07) is 11.1. The van der Waals surface area contributed by atoms with Crippen molar-refractivity contribution in [2.24, 2.45) is 12.5 Å². The standard InChI is InChI=1S/C23H32N4OS/c1-26-21(19-8-13-28-14-9-19)24-25-22(26)29-15-5-11-27-12-10-23(17-27)16-20(23)18-6-3-2-4-7-18/h2-4,6-7,19-20H,5,8-17H2,1H3/t20?,23-/m0/s1. The fourth-order valence-electron chi connectivity index (χ4n) is 5.35. The van der Waals surface area contributed by atoms with Gasteiger partial charge in [-0.25, -0.2) is 0 Å². The Kier molecular flexibility index (Phi) is 5.67. The van der Waals surface area contributed by atoms with Crippen LogP contribution in [0.5, 0.6) is 0 Å². The molecule has 3 fully saturated rings. The molecule has 0 radical (unpaired) electrons. The van der Waals surface area contributed by atoms with E-state index in [1.807, 2.05) is 11.8 Å². The number of hydrogen-bond acceptors (Lipinski definition) is 5. The van der Waals surface area contributed by atoms with Gasteiger partial charge in [-0.2, -0.15) is 0 Å². The van der Waals surface area contributed by atoms with E-state index in [2.05, 4.69) is 57.0 Å². The summed E-state index contributed by atoms with van der Waals surface area (Å²) in [6.45, 7) is 5.47. The van der Waals surface area contributed by atoms with E-state index in [9.17, 15) is 0 Å². The molecular formula is C23H32N4OS. The van der Waals surface area contributed by atoms with Gasteiger partial charge in [0.25, 0.3) is 0 Å². The third-order valence-corrected chi connectivity index (χ3v) is 8.27. The lowest BCUT2D eigenvalue weighted by atomic mass is 9.98. The average molecular weight is 413 g/mol. The molecule has 5 nitrogen and oxygen atoms in total. The third-order valence-electron chi connectivity index (χ3n) is 7.16. The predicted molar refractivity (Wildman–Crippen MR) is 116 cm³/mol. The van der Waals surface area contributed by atoms with Crippen molar-refractivity contribution in [1.82, 2.24) is 19.7 Å². The Morgan fingerprint density at radius 1 is 1.17 bits per heavy atom. The highest BCUT2D eigenvalue weighted by molar-refractivity contribution is 7.99. The summed E-state index contributed by atoms with van der Waals surface area (Å²) in [4.78, 5) is 2.69. The Labute approximate surface area is 178 Å². The van der Waals surface area contributed by atoms with E-state index in [0.717, 1.165) is 48.7 Å². The van der Waals surface area contributed by atoms with Crippen LogP contribution in [0.4, 0.5) is 0 Å². The molecule has 0 bridgehead atoms. The number of rotatable bonds is 7. The molecular weight excluding hydrogens is 380 g/mol. The van der Waals surface area contributed by atoms with Gasteiger partial charge in [-0.1, -0.05) is 42.1 Å². The van der Waals surface area contributed by atoms with Crippen LogP contribution < -0.4 is 0 Å². The van der Waals surface area contributed by atoms with E-state index >= 15 is 0 Å². The second kappa shape index (κ2) is 8.40. The van der Waals surface area contributed by atoms with Gasteiger partial charge in [0.2, 0.25) is 0 Å². The van der Waals surface area contributed by atoms with Crippen molar-refractivity contribution >= 4 is 11.8 Å². The lowest BCUT2D eigenvalue weighted by Crippen LogP contribution is -2.23. The first kappa shape index (κ1) is 19.6. The maximum atomic E-state index is 5.48. The molecule has 1 spiro atoms. The average Bonchev–Trinajstić information content (AvgIpc) is 3.11. The number of likely N-dealkylation sites (tertiary alicyclic amines) is 1. The molecule has 5 rings (SSSR count). The number of nitrogens with zero attached hydrogens (tertiary/aromatic N) is 4. The van der Waals surface area contributed by atoms with Gasteiger partial charge < -0.3 is 14.2 Å². The second-order valence-electron chi connectivity index (χ2n) is 9.04. The molecule has 156 valence electrons. The van der Waals surface area contributed by atoms with Crippen molar-refractivity contribution in [3.05, 3.63) is 41.7 Å². The predicted octanol–water partition coefficient (Wildman–Crippen LogP) is 4.07. The maximum Gasteiger partial charge on any atom is 0.190 e. The van der Waals surface area contributed by atoms with Gasteiger partial charge in [0.15, 0.2) is 5.16 Å². The van der Waals surface area contributed by atoms with E-state index in [0.29, 0.717) is 11.3 Å². The van der Waals surface area contributed by atoms with Crippen molar-refractivity contribution in [1.29, 1.82) is 0 Å². The summed E-state index contributed by atoms with van der Waals surface area (Å²) in [7, 11) is 2.12. The van der Waals surface area contributed by atoms with Crippen molar-refractivity contribution in [2.75, 3.05) is 38.6 Å². The molecule has 2 aromatic rings. The largest absolute Gasteiger partial charge is 0.381 e. The number of thioether (sulfide) groups is 1. The Bertz CT molecular complexity index is 820. The van der Waals surface area contributed by atoms with Crippen LogP contribution in [0.15, 0.2) is 35.5 Å². The molecule has 1 aromatic heterocycles.